The third-order valence-corrected chi connectivity index (χ3v) is 2.05. The summed E-state index contributed by atoms with van der Waals surface area (Å²) in [4.78, 5) is 32.7. The minimum absolute atomic E-state index is 0.0277. The molecule has 0 saturated carbocycles. The van der Waals surface area contributed by atoms with Crippen LogP contribution in [0.2, 0.25) is 0 Å². The molecule has 0 aromatic carbocycles. The molecular formula is C10H19N3O5. The number of hydrogen-bond acceptors (Lipinski definition) is 5. The second kappa shape index (κ2) is 9.37. The van der Waals surface area contributed by atoms with E-state index in [2.05, 4.69) is 5.32 Å². The van der Waals surface area contributed by atoms with Crippen molar-refractivity contribution in [2.45, 2.75) is 25.3 Å². The van der Waals surface area contributed by atoms with Gasteiger partial charge in [-0.05, 0) is 6.42 Å². The number of amides is 2. The van der Waals surface area contributed by atoms with Crippen molar-refractivity contribution in [3.8, 4) is 0 Å². The molecule has 0 spiro atoms. The smallest absolute Gasteiger partial charge is 0.326 e. The van der Waals surface area contributed by atoms with Crippen LogP contribution in [0.4, 0.5) is 0 Å². The van der Waals surface area contributed by atoms with Gasteiger partial charge in [0.1, 0.15) is 6.04 Å². The van der Waals surface area contributed by atoms with Crippen molar-refractivity contribution >= 4 is 17.8 Å². The van der Waals surface area contributed by atoms with Crippen LogP contribution < -0.4 is 16.8 Å². The summed E-state index contributed by atoms with van der Waals surface area (Å²) >= 11 is 0. The average Bonchev–Trinajstić information content (AvgIpc) is 2.29. The molecule has 104 valence electrons. The van der Waals surface area contributed by atoms with E-state index in [1.54, 1.807) is 0 Å². The minimum atomic E-state index is -1.20. The van der Waals surface area contributed by atoms with Crippen LogP contribution in [0.25, 0.3) is 0 Å². The zero-order valence-corrected chi connectivity index (χ0v) is 10.1. The van der Waals surface area contributed by atoms with E-state index in [0.29, 0.717) is 13.2 Å². The molecule has 0 rings (SSSR count). The number of nitrogens with two attached hydrogens (primary N) is 2. The summed E-state index contributed by atoms with van der Waals surface area (Å²) in [7, 11) is 0. The first-order valence-electron chi connectivity index (χ1n) is 5.55. The molecule has 0 fully saturated rings. The van der Waals surface area contributed by atoms with E-state index < -0.39 is 23.8 Å². The fourth-order valence-corrected chi connectivity index (χ4v) is 1.16. The van der Waals surface area contributed by atoms with Gasteiger partial charge in [-0.3, -0.25) is 9.59 Å². The van der Waals surface area contributed by atoms with Gasteiger partial charge in [0.05, 0.1) is 13.2 Å². The Labute approximate surface area is 105 Å². The van der Waals surface area contributed by atoms with Crippen molar-refractivity contribution in [2.75, 3.05) is 19.8 Å². The summed E-state index contributed by atoms with van der Waals surface area (Å²) in [6, 6.07) is -1.11. The van der Waals surface area contributed by atoms with E-state index in [4.69, 9.17) is 21.3 Å². The van der Waals surface area contributed by atoms with Gasteiger partial charge in [-0.15, -0.1) is 0 Å². The van der Waals surface area contributed by atoms with Gasteiger partial charge < -0.3 is 26.6 Å². The number of primary amides is 1. The molecule has 0 aromatic heterocycles. The fourth-order valence-electron chi connectivity index (χ4n) is 1.16. The van der Waals surface area contributed by atoms with E-state index in [-0.39, 0.29) is 25.9 Å². The van der Waals surface area contributed by atoms with Crippen molar-refractivity contribution < 1.29 is 24.2 Å². The highest BCUT2D eigenvalue weighted by atomic mass is 16.5. The molecule has 0 unspecified atom stereocenters. The molecule has 8 nitrogen and oxygen atoms in total. The number of rotatable bonds is 10. The Balaban J connectivity index is 3.96. The predicted octanol–water partition coefficient (Wildman–Crippen LogP) is -1.81. The second-order valence-electron chi connectivity index (χ2n) is 3.61. The van der Waals surface area contributed by atoms with E-state index in [1.807, 2.05) is 0 Å². The third kappa shape index (κ3) is 8.48. The summed E-state index contributed by atoms with van der Waals surface area (Å²) in [5.41, 5.74) is 10.1. The molecule has 8 heteroatoms. The molecule has 0 saturated heterocycles. The summed E-state index contributed by atoms with van der Waals surface area (Å²) in [6.45, 7) is 0.875. The maximum Gasteiger partial charge on any atom is 0.326 e. The summed E-state index contributed by atoms with van der Waals surface area (Å²) < 4.78 is 4.99. The van der Waals surface area contributed by atoms with E-state index in [1.165, 1.54) is 0 Å². The van der Waals surface area contributed by atoms with Crippen molar-refractivity contribution in [2.24, 2.45) is 11.5 Å². The van der Waals surface area contributed by atoms with Gasteiger partial charge in [-0.2, -0.15) is 0 Å². The first kappa shape index (κ1) is 16.3. The van der Waals surface area contributed by atoms with Crippen molar-refractivity contribution in [3.63, 3.8) is 0 Å². The molecule has 0 aliphatic rings. The SMILES string of the molecule is NCCOCCC(=O)N[C@@H](CCC(N)=O)C(=O)O. The molecule has 2 amide bonds. The topological polar surface area (TPSA) is 145 Å². The van der Waals surface area contributed by atoms with Crippen LogP contribution in [-0.4, -0.2) is 48.7 Å². The lowest BCUT2D eigenvalue weighted by atomic mass is 10.1. The quantitative estimate of drug-likeness (QED) is 0.341. The number of ether oxygens (including phenoxy) is 1. The van der Waals surface area contributed by atoms with Gasteiger partial charge in [-0.1, -0.05) is 0 Å². The van der Waals surface area contributed by atoms with E-state index in [0.717, 1.165) is 0 Å². The van der Waals surface area contributed by atoms with E-state index >= 15 is 0 Å². The number of carbonyl (C=O) groups is 3. The molecule has 0 heterocycles. The monoisotopic (exact) mass is 261 g/mol. The standard InChI is InChI=1S/C10H19N3O5/c11-4-6-18-5-3-9(15)13-7(10(16)17)1-2-8(12)14/h7H,1-6,11H2,(H2,12,14)(H,13,15)(H,16,17)/t7-/m0/s1. The molecule has 0 radical (unpaired) electrons. The molecule has 0 bridgehead atoms. The Morgan fingerprint density at radius 3 is 2.39 bits per heavy atom. The largest absolute Gasteiger partial charge is 0.480 e. The Bertz CT molecular complexity index is 295. The Kier molecular flexibility index (Phi) is 8.50. The summed E-state index contributed by atoms with van der Waals surface area (Å²) in [5.74, 6) is -2.27. The molecule has 0 aliphatic carbocycles. The highest BCUT2D eigenvalue weighted by Crippen LogP contribution is 1.98. The van der Waals surface area contributed by atoms with Crippen LogP contribution in [0.1, 0.15) is 19.3 Å². The Morgan fingerprint density at radius 1 is 1.22 bits per heavy atom. The first-order valence-corrected chi connectivity index (χ1v) is 5.55. The van der Waals surface area contributed by atoms with Crippen LogP contribution >= 0.6 is 0 Å². The normalized spacial score (nSPS) is 11.8. The van der Waals surface area contributed by atoms with Crippen LogP contribution in [0.3, 0.4) is 0 Å². The van der Waals surface area contributed by atoms with Crippen LogP contribution in [-0.2, 0) is 19.1 Å². The van der Waals surface area contributed by atoms with Crippen molar-refractivity contribution in [1.29, 1.82) is 0 Å². The zero-order chi connectivity index (χ0) is 14.0. The highest BCUT2D eigenvalue weighted by Gasteiger charge is 2.20. The van der Waals surface area contributed by atoms with Gasteiger partial charge in [0, 0.05) is 19.4 Å². The summed E-state index contributed by atoms with van der Waals surface area (Å²) in [6.07, 6.45) is -0.0820. The Hall–Kier alpha value is -1.67. The number of hydrogen-bond donors (Lipinski definition) is 4. The third-order valence-electron chi connectivity index (χ3n) is 2.05. The van der Waals surface area contributed by atoms with E-state index in [9.17, 15) is 14.4 Å². The van der Waals surface area contributed by atoms with Gasteiger partial charge >= 0.3 is 5.97 Å². The number of carbonyl (C=O) groups excluding carboxylic acids is 2. The van der Waals surface area contributed by atoms with Crippen LogP contribution in [0.5, 0.6) is 0 Å². The number of aliphatic carboxylic acids is 1. The molecular weight excluding hydrogens is 242 g/mol. The highest BCUT2D eigenvalue weighted by molar-refractivity contribution is 5.84. The van der Waals surface area contributed by atoms with Gasteiger partial charge in [0.25, 0.3) is 0 Å². The number of nitrogens with one attached hydrogen (secondary N) is 1. The Morgan fingerprint density at radius 2 is 1.89 bits per heavy atom. The van der Waals surface area contributed by atoms with Gasteiger partial charge in [0.2, 0.25) is 11.8 Å². The second-order valence-corrected chi connectivity index (χ2v) is 3.61. The average molecular weight is 261 g/mol. The lowest BCUT2D eigenvalue weighted by molar-refractivity contribution is -0.142. The van der Waals surface area contributed by atoms with Crippen LogP contribution in [0.15, 0.2) is 0 Å². The molecule has 18 heavy (non-hydrogen) atoms. The lowest BCUT2D eigenvalue weighted by Crippen LogP contribution is -2.41. The molecule has 6 N–H and O–H groups in total. The lowest BCUT2D eigenvalue weighted by Gasteiger charge is -2.13. The fraction of sp³-hybridized carbons (Fsp3) is 0.700. The maximum atomic E-state index is 11.4. The van der Waals surface area contributed by atoms with Gasteiger partial charge in [-0.25, -0.2) is 4.79 Å². The summed E-state index contributed by atoms with van der Waals surface area (Å²) in [5, 5.41) is 11.1. The number of carboxylic acids is 1. The van der Waals surface area contributed by atoms with Crippen LogP contribution in [0, 0.1) is 0 Å². The minimum Gasteiger partial charge on any atom is -0.480 e. The zero-order valence-electron chi connectivity index (χ0n) is 10.1. The molecule has 0 aromatic rings. The predicted molar refractivity (Wildman–Crippen MR) is 62.5 cm³/mol. The first-order chi connectivity index (χ1) is 8.47. The van der Waals surface area contributed by atoms with Crippen molar-refractivity contribution in [3.05, 3.63) is 0 Å². The molecule has 0 aliphatic heterocycles. The van der Waals surface area contributed by atoms with Gasteiger partial charge in [0.15, 0.2) is 0 Å². The molecule has 1 atom stereocenters. The number of carboxylic acid groups (broad SMARTS) is 1. The van der Waals surface area contributed by atoms with Crippen molar-refractivity contribution in [1.82, 2.24) is 5.32 Å². The maximum absolute atomic E-state index is 11.4.